The Labute approximate surface area is 77.8 Å². The van der Waals surface area contributed by atoms with Crippen LogP contribution in [0.3, 0.4) is 0 Å². The molecular formula is C10H13N3. The molecule has 2 rings (SSSR count). The molecule has 1 aromatic heterocycles. The molecule has 0 unspecified atom stereocenters. The van der Waals surface area contributed by atoms with Crippen molar-refractivity contribution in [1.82, 2.24) is 14.8 Å². The first-order chi connectivity index (χ1) is 6.17. The predicted octanol–water partition coefficient (Wildman–Crippen LogP) is 1.89. The highest BCUT2D eigenvalue weighted by atomic mass is 15.3. The Morgan fingerprint density at radius 3 is 3.08 bits per heavy atom. The third kappa shape index (κ3) is 1.69. The van der Waals surface area contributed by atoms with Gasteiger partial charge in [-0.1, -0.05) is 32.1 Å². The lowest BCUT2D eigenvalue weighted by atomic mass is 9.92. The Hall–Kier alpha value is -1.38. The second kappa shape index (κ2) is 2.83. The van der Waals surface area contributed by atoms with Crippen molar-refractivity contribution in [1.29, 1.82) is 0 Å². The summed E-state index contributed by atoms with van der Waals surface area (Å²) < 4.78 is 1.82. The lowest BCUT2D eigenvalue weighted by Gasteiger charge is -2.16. The van der Waals surface area contributed by atoms with Crippen molar-refractivity contribution in [2.75, 3.05) is 0 Å². The molecule has 1 aliphatic rings. The molecule has 0 radical (unpaired) electrons. The summed E-state index contributed by atoms with van der Waals surface area (Å²) in [6, 6.07) is 0. The zero-order valence-electron chi connectivity index (χ0n) is 7.94. The van der Waals surface area contributed by atoms with Gasteiger partial charge in [-0.2, -0.15) is 5.10 Å². The van der Waals surface area contributed by atoms with Crippen LogP contribution in [0.1, 0.15) is 19.7 Å². The van der Waals surface area contributed by atoms with E-state index >= 15 is 0 Å². The van der Waals surface area contributed by atoms with Gasteiger partial charge in [-0.05, 0) is 0 Å². The van der Waals surface area contributed by atoms with Gasteiger partial charge in [-0.25, -0.2) is 9.67 Å². The number of fused-ring (bicyclic) bond motifs is 1. The van der Waals surface area contributed by atoms with Crippen LogP contribution in [0.15, 0.2) is 24.6 Å². The van der Waals surface area contributed by atoms with Gasteiger partial charge in [-0.15, -0.1) is 0 Å². The summed E-state index contributed by atoms with van der Waals surface area (Å²) in [5, 5.41) is 4.11. The van der Waals surface area contributed by atoms with Crippen molar-refractivity contribution in [3.63, 3.8) is 0 Å². The van der Waals surface area contributed by atoms with Gasteiger partial charge >= 0.3 is 0 Å². The minimum atomic E-state index is 0.115. The summed E-state index contributed by atoms with van der Waals surface area (Å²) in [4.78, 5) is 4.16. The molecule has 3 heteroatoms. The highest BCUT2D eigenvalue weighted by Gasteiger charge is 2.11. The lowest BCUT2D eigenvalue weighted by molar-refractivity contribution is 0.618. The summed E-state index contributed by atoms with van der Waals surface area (Å²) >= 11 is 0. The van der Waals surface area contributed by atoms with Crippen LogP contribution in [0.5, 0.6) is 0 Å². The number of rotatable bonds is 0. The van der Waals surface area contributed by atoms with Crippen LogP contribution in [0.4, 0.5) is 0 Å². The second-order valence-corrected chi connectivity index (χ2v) is 3.86. The highest BCUT2D eigenvalue weighted by Crippen LogP contribution is 2.21. The van der Waals surface area contributed by atoms with E-state index in [-0.39, 0.29) is 5.41 Å². The van der Waals surface area contributed by atoms with Gasteiger partial charge in [0.25, 0.3) is 0 Å². The van der Waals surface area contributed by atoms with E-state index in [9.17, 15) is 0 Å². The molecule has 0 spiro atoms. The van der Waals surface area contributed by atoms with E-state index in [4.69, 9.17) is 0 Å². The van der Waals surface area contributed by atoms with Crippen LogP contribution in [-0.2, 0) is 6.42 Å². The predicted molar refractivity (Wildman–Crippen MR) is 52.0 cm³/mol. The van der Waals surface area contributed by atoms with Gasteiger partial charge in [0, 0.05) is 18.0 Å². The van der Waals surface area contributed by atoms with Gasteiger partial charge in [0.15, 0.2) is 0 Å². The fraction of sp³-hybridized carbons (Fsp3) is 0.400. The molecule has 0 saturated carbocycles. The normalized spacial score (nSPS) is 19.2. The third-order valence-corrected chi connectivity index (χ3v) is 2.14. The van der Waals surface area contributed by atoms with Crippen LogP contribution in [0, 0.1) is 5.41 Å². The standard InChI is InChI=1S/C10H13N3/c1-10(2)5-3-4-9-11-8-12-13(9)7-6-10/h3,5-8H,4H2,1-2H3. The van der Waals surface area contributed by atoms with Crippen molar-refractivity contribution in [2.24, 2.45) is 5.41 Å². The number of nitrogens with zero attached hydrogens (tertiary/aromatic N) is 3. The first kappa shape index (κ1) is 8.23. The van der Waals surface area contributed by atoms with Crippen LogP contribution in [-0.4, -0.2) is 14.8 Å². The number of hydrogen-bond donors (Lipinski definition) is 0. The molecule has 0 aromatic carbocycles. The maximum absolute atomic E-state index is 4.16. The smallest absolute Gasteiger partial charge is 0.138 e. The number of allylic oxidation sites excluding steroid dienone is 3. The average Bonchev–Trinajstić information content (AvgIpc) is 2.46. The molecule has 0 aliphatic carbocycles. The fourth-order valence-corrected chi connectivity index (χ4v) is 1.33. The van der Waals surface area contributed by atoms with Crippen molar-refractivity contribution in [3.8, 4) is 0 Å². The van der Waals surface area contributed by atoms with E-state index in [0.29, 0.717) is 0 Å². The van der Waals surface area contributed by atoms with Crippen molar-refractivity contribution >= 4 is 6.20 Å². The van der Waals surface area contributed by atoms with E-state index in [1.807, 2.05) is 10.9 Å². The second-order valence-electron chi connectivity index (χ2n) is 3.86. The third-order valence-electron chi connectivity index (χ3n) is 2.14. The highest BCUT2D eigenvalue weighted by molar-refractivity contribution is 5.29. The van der Waals surface area contributed by atoms with Gasteiger partial charge in [0.05, 0.1) is 0 Å². The van der Waals surface area contributed by atoms with Crippen molar-refractivity contribution in [2.45, 2.75) is 20.3 Å². The van der Waals surface area contributed by atoms with Crippen LogP contribution in [0.2, 0.25) is 0 Å². The molecule has 0 bridgehead atoms. The summed E-state index contributed by atoms with van der Waals surface area (Å²) in [7, 11) is 0. The van der Waals surface area contributed by atoms with Gasteiger partial charge < -0.3 is 0 Å². The quantitative estimate of drug-likeness (QED) is 0.564. The maximum Gasteiger partial charge on any atom is 0.138 e. The Morgan fingerprint density at radius 1 is 1.38 bits per heavy atom. The van der Waals surface area contributed by atoms with Gasteiger partial charge in [0.1, 0.15) is 12.2 Å². The van der Waals surface area contributed by atoms with Crippen molar-refractivity contribution in [3.05, 3.63) is 30.4 Å². The minimum absolute atomic E-state index is 0.115. The summed E-state index contributed by atoms with van der Waals surface area (Å²) in [6.07, 6.45) is 10.9. The first-order valence-electron chi connectivity index (χ1n) is 4.43. The van der Waals surface area contributed by atoms with Crippen LogP contribution < -0.4 is 0 Å². The van der Waals surface area contributed by atoms with Crippen LogP contribution >= 0.6 is 0 Å². The molecule has 3 nitrogen and oxygen atoms in total. The first-order valence-corrected chi connectivity index (χ1v) is 4.43. The maximum atomic E-state index is 4.16. The Morgan fingerprint density at radius 2 is 2.23 bits per heavy atom. The number of hydrogen-bond acceptors (Lipinski definition) is 2. The molecule has 0 amide bonds. The van der Waals surface area contributed by atoms with E-state index in [1.165, 1.54) is 0 Å². The molecule has 1 aliphatic heterocycles. The summed E-state index contributed by atoms with van der Waals surface area (Å²) in [5.74, 6) is 0.989. The Kier molecular flexibility index (Phi) is 1.79. The minimum Gasteiger partial charge on any atom is -0.225 e. The van der Waals surface area contributed by atoms with Crippen molar-refractivity contribution < 1.29 is 0 Å². The molecule has 0 saturated heterocycles. The summed E-state index contributed by atoms with van der Waals surface area (Å²) in [5.41, 5.74) is 0.115. The van der Waals surface area contributed by atoms with E-state index in [1.54, 1.807) is 6.33 Å². The van der Waals surface area contributed by atoms with Gasteiger partial charge in [-0.3, -0.25) is 0 Å². The van der Waals surface area contributed by atoms with E-state index in [2.05, 4.69) is 42.2 Å². The van der Waals surface area contributed by atoms with E-state index in [0.717, 1.165) is 12.2 Å². The molecule has 1 aromatic rings. The molecule has 68 valence electrons. The van der Waals surface area contributed by atoms with E-state index < -0.39 is 0 Å². The zero-order chi connectivity index (χ0) is 9.31. The van der Waals surface area contributed by atoms with Gasteiger partial charge in [0.2, 0.25) is 0 Å². The number of aromatic nitrogens is 3. The molecule has 0 fully saturated rings. The molecular weight excluding hydrogens is 162 g/mol. The Bertz CT molecular complexity index is 358. The molecule has 0 N–H and O–H groups in total. The monoisotopic (exact) mass is 175 g/mol. The average molecular weight is 175 g/mol. The summed E-state index contributed by atoms with van der Waals surface area (Å²) in [6.45, 7) is 4.34. The molecule has 0 atom stereocenters. The van der Waals surface area contributed by atoms with Crippen LogP contribution in [0.25, 0.3) is 6.20 Å². The molecule has 13 heavy (non-hydrogen) atoms. The fourth-order valence-electron chi connectivity index (χ4n) is 1.33. The lowest BCUT2D eigenvalue weighted by Crippen LogP contribution is -2.07. The molecule has 2 heterocycles. The SMILES string of the molecule is CC1(C)C=CCc2ncnn2C=C1. The largest absolute Gasteiger partial charge is 0.225 e. The zero-order valence-corrected chi connectivity index (χ0v) is 7.94. The topological polar surface area (TPSA) is 30.7 Å². The Balaban J connectivity index is 2.41.